The van der Waals surface area contributed by atoms with Crippen LogP contribution in [0.4, 0.5) is 30.7 Å². The highest BCUT2D eigenvalue weighted by atomic mass is 127. The summed E-state index contributed by atoms with van der Waals surface area (Å²) in [5.41, 5.74) is 0. The van der Waals surface area contributed by atoms with E-state index in [1.807, 2.05) is 0 Å². The van der Waals surface area contributed by atoms with Crippen LogP contribution in [-0.4, -0.2) is 16.0 Å². The van der Waals surface area contributed by atoms with Gasteiger partial charge in [0.2, 0.25) is 0 Å². The zero-order valence-corrected chi connectivity index (χ0v) is 7.39. The number of hydrogen-bond acceptors (Lipinski definition) is 0. The van der Waals surface area contributed by atoms with E-state index in [-0.39, 0.29) is 22.6 Å². The Bertz CT molecular complexity index is 154. The molecule has 0 aliphatic rings. The summed E-state index contributed by atoms with van der Waals surface area (Å²) in [6.07, 6.45) is -8.44. The second kappa shape index (κ2) is 3.18. The summed E-state index contributed by atoms with van der Waals surface area (Å²) in [4.78, 5) is 0. The molecule has 0 amide bonds. The van der Waals surface area contributed by atoms with Gasteiger partial charge in [-0.25, -0.2) is 0 Å². The lowest BCUT2D eigenvalue weighted by atomic mass is 10.2. The van der Waals surface area contributed by atoms with E-state index in [0.717, 1.165) is 0 Å². The van der Waals surface area contributed by atoms with Crippen LogP contribution in [0.5, 0.6) is 0 Å². The van der Waals surface area contributed by atoms with Crippen LogP contribution in [0.3, 0.4) is 0 Å². The average Bonchev–Trinajstić information content (AvgIpc) is 1.52. The van der Waals surface area contributed by atoms with Gasteiger partial charge in [0.05, 0.1) is 6.42 Å². The molecule has 0 aromatic rings. The van der Waals surface area contributed by atoms with Crippen LogP contribution in [0.25, 0.3) is 0 Å². The van der Waals surface area contributed by atoms with E-state index in [1.54, 1.807) is 0 Å². The van der Waals surface area contributed by atoms with Crippen LogP contribution in [-0.2, 0) is 0 Å². The van der Waals surface area contributed by atoms with Crippen molar-refractivity contribution in [3.05, 3.63) is 0 Å². The molecule has 0 spiro atoms. The largest absolute Gasteiger partial charge is 0.453 e. The third kappa shape index (κ3) is 3.76. The van der Waals surface area contributed by atoms with Gasteiger partial charge in [-0.2, -0.15) is 30.7 Å². The molecule has 0 rings (SSSR count). The zero-order valence-electron chi connectivity index (χ0n) is 5.23. The molecule has 0 aromatic carbocycles. The maximum absolute atomic E-state index is 11.8. The lowest BCUT2D eigenvalue weighted by Crippen LogP contribution is -2.39. The van der Waals surface area contributed by atoms with E-state index < -0.39 is 22.4 Å². The van der Waals surface area contributed by atoms with E-state index in [9.17, 15) is 30.7 Å². The molecule has 74 valence electrons. The minimum atomic E-state index is -5.92. The molecule has 0 N–H and O–H groups in total. The first kappa shape index (κ1) is 12.2. The Kier molecular flexibility index (Phi) is 3.25. The Morgan fingerprint density at radius 3 is 1.25 bits per heavy atom. The van der Waals surface area contributed by atoms with Gasteiger partial charge in [0.15, 0.2) is 0 Å². The van der Waals surface area contributed by atoms with Crippen molar-refractivity contribution < 1.29 is 30.7 Å². The topological polar surface area (TPSA) is 0 Å². The van der Waals surface area contributed by atoms with Crippen LogP contribution in [0.1, 0.15) is 6.42 Å². The standard InChI is InChI=1S/C4H2F7I/c5-2(6,4(9,10)11)1-3(7,8)12/h1H2. The van der Waals surface area contributed by atoms with Crippen molar-refractivity contribution in [1.82, 2.24) is 0 Å². The smallest absolute Gasteiger partial charge is 0.196 e. The van der Waals surface area contributed by atoms with Gasteiger partial charge in [0.1, 0.15) is 0 Å². The summed E-state index contributed by atoms with van der Waals surface area (Å²) in [6, 6.07) is 0. The normalized spacial score (nSPS) is 15.0. The van der Waals surface area contributed by atoms with E-state index in [1.165, 1.54) is 0 Å². The van der Waals surface area contributed by atoms with E-state index >= 15 is 0 Å². The predicted octanol–water partition coefficient (Wildman–Crippen LogP) is 3.60. The molecule has 0 fully saturated rings. The summed E-state index contributed by atoms with van der Waals surface area (Å²) >= 11 is 0.228. The average molecular weight is 310 g/mol. The molecule has 0 aliphatic heterocycles. The van der Waals surface area contributed by atoms with Gasteiger partial charge in [-0.05, 0) is 22.6 Å². The van der Waals surface area contributed by atoms with E-state index in [4.69, 9.17) is 0 Å². The quantitative estimate of drug-likeness (QED) is 0.415. The lowest BCUT2D eigenvalue weighted by Gasteiger charge is -2.21. The second-order valence-corrected chi connectivity index (χ2v) is 3.57. The summed E-state index contributed by atoms with van der Waals surface area (Å²) in [6.45, 7) is 0. The Labute approximate surface area is 76.3 Å². The van der Waals surface area contributed by atoms with Crippen LogP contribution in [0, 0.1) is 0 Å². The van der Waals surface area contributed by atoms with Gasteiger partial charge in [-0.3, -0.25) is 0 Å². The fourth-order valence-electron chi connectivity index (χ4n) is 0.352. The molecule has 0 bridgehead atoms. The number of hydrogen-bond donors (Lipinski definition) is 0. The van der Waals surface area contributed by atoms with Crippen molar-refractivity contribution in [2.75, 3.05) is 0 Å². The third-order valence-electron chi connectivity index (χ3n) is 0.837. The molecule has 12 heavy (non-hydrogen) atoms. The molecule has 0 aromatic heterocycles. The van der Waals surface area contributed by atoms with Gasteiger partial charge in [-0.1, -0.05) is 0 Å². The van der Waals surface area contributed by atoms with Gasteiger partial charge in [-0.15, -0.1) is 0 Å². The number of alkyl halides is 8. The molecule has 0 saturated carbocycles. The van der Waals surface area contributed by atoms with Crippen LogP contribution < -0.4 is 0 Å². The Morgan fingerprint density at radius 1 is 0.833 bits per heavy atom. The first-order valence-corrected chi connectivity index (χ1v) is 3.55. The summed E-state index contributed by atoms with van der Waals surface area (Å²) in [5.74, 6) is -5.34. The molecule has 0 atom stereocenters. The van der Waals surface area contributed by atoms with Crippen molar-refractivity contribution in [2.24, 2.45) is 0 Å². The summed E-state index contributed by atoms with van der Waals surface area (Å²) in [5, 5.41) is 0. The molecule has 0 heterocycles. The van der Waals surface area contributed by atoms with Gasteiger partial charge >= 0.3 is 16.0 Å². The van der Waals surface area contributed by atoms with Crippen LogP contribution in [0.2, 0.25) is 0 Å². The highest BCUT2D eigenvalue weighted by Gasteiger charge is 2.61. The van der Waals surface area contributed by atoms with Crippen molar-refractivity contribution in [3.63, 3.8) is 0 Å². The maximum Gasteiger partial charge on any atom is 0.453 e. The highest BCUT2D eigenvalue weighted by Crippen LogP contribution is 2.44. The van der Waals surface area contributed by atoms with Crippen molar-refractivity contribution in [2.45, 2.75) is 22.4 Å². The second-order valence-electron chi connectivity index (χ2n) is 1.99. The highest BCUT2D eigenvalue weighted by molar-refractivity contribution is 14.1. The molecule has 0 radical (unpaired) electrons. The Morgan fingerprint density at radius 2 is 1.17 bits per heavy atom. The number of rotatable bonds is 2. The molecular formula is C4H2F7I. The molecule has 0 saturated heterocycles. The predicted molar refractivity (Wildman–Crippen MR) is 34.6 cm³/mol. The van der Waals surface area contributed by atoms with Crippen LogP contribution in [0.15, 0.2) is 0 Å². The van der Waals surface area contributed by atoms with Crippen molar-refractivity contribution in [3.8, 4) is 0 Å². The first-order valence-electron chi connectivity index (χ1n) is 2.47. The van der Waals surface area contributed by atoms with Crippen molar-refractivity contribution in [1.29, 1.82) is 0 Å². The Balaban J connectivity index is 4.44. The molecular weight excluding hydrogens is 308 g/mol. The van der Waals surface area contributed by atoms with Crippen LogP contribution >= 0.6 is 22.6 Å². The summed E-state index contributed by atoms with van der Waals surface area (Å²) in [7, 11) is 0. The van der Waals surface area contributed by atoms with E-state index in [0.29, 0.717) is 0 Å². The SMILES string of the molecule is FC(F)(I)CC(F)(F)C(F)(F)F. The first-order chi connectivity index (χ1) is 4.96. The fourth-order valence-corrected chi connectivity index (χ4v) is 0.831. The minimum absolute atomic E-state index is 0.228. The van der Waals surface area contributed by atoms with Gasteiger partial charge in [0.25, 0.3) is 0 Å². The molecule has 0 unspecified atom stereocenters. The minimum Gasteiger partial charge on any atom is -0.196 e. The lowest BCUT2D eigenvalue weighted by molar-refractivity contribution is -0.292. The summed E-state index contributed by atoms with van der Waals surface area (Å²) < 4.78 is 76.9. The van der Waals surface area contributed by atoms with E-state index in [2.05, 4.69) is 0 Å². The number of halogens is 8. The molecule has 8 heteroatoms. The fraction of sp³-hybridized carbons (Fsp3) is 1.00. The Hall–Kier alpha value is 0.240. The zero-order chi connectivity index (χ0) is 10.2. The molecule has 0 nitrogen and oxygen atoms in total. The van der Waals surface area contributed by atoms with Crippen molar-refractivity contribution >= 4 is 22.6 Å². The maximum atomic E-state index is 11.8. The monoisotopic (exact) mass is 310 g/mol. The van der Waals surface area contributed by atoms with Gasteiger partial charge < -0.3 is 0 Å². The molecule has 0 aliphatic carbocycles. The van der Waals surface area contributed by atoms with Gasteiger partial charge in [0, 0.05) is 0 Å². The third-order valence-corrected chi connectivity index (χ3v) is 1.22.